The summed E-state index contributed by atoms with van der Waals surface area (Å²) in [6.07, 6.45) is 1.79. The van der Waals surface area contributed by atoms with Crippen molar-refractivity contribution in [1.29, 1.82) is 0 Å². The number of thiazole rings is 1. The lowest BCUT2D eigenvalue weighted by Crippen LogP contribution is -2.34. The molecular weight excluding hydrogens is 426 g/mol. The zero-order valence-corrected chi connectivity index (χ0v) is 19.0. The maximum Gasteiger partial charge on any atom is 0.257 e. The Morgan fingerprint density at radius 2 is 2.03 bits per heavy atom. The number of rotatable bonds is 4. The normalized spacial score (nSPS) is 16.1. The molecule has 3 heterocycles. The highest BCUT2D eigenvalue weighted by Gasteiger charge is 2.32. The molecule has 1 unspecified atom stereocenters. The number of aryl methyl sites for hydroxylation is 2. The second-order valence-corrected chi connectivity index (χ2v) is 11.5. The summed E-state index contributed by atoms with van der Waals surface area (Å²) in [4.78, 5) is 19.7. The van der Waals surface area contributed by atoms with E-state index in [-0.39, 0.29) is 11.9 Å². The summed E-state index contributed by atoms with van der Waals surface area (Å²) in [5.74, 6) is -0.252. The Morgan fingerprint density at radius 1 is 1.28 bits per heavy atom. The van der Waals surface area contributed by atoms with E-state index in [0.717, 1.165) is 16.8 Å². The Morgan fingerprint density at radius 3 is 2.69 bits per heavy atom. The van der Waals surface area contributed by atoms with E-state index in [2.05, 4.69) is 30.2 Å². The molecule has 29 heavy (non-hydrogen) atoms. The highest BCUT2D eigenvalue weighted by molar-refractivity contribution is 7.92. The van der Waals surface area contributed by atoms with E-state index >= 15 is 0 Å². The molecule has 0 spiro atoms. The average Bonchev–Trinajstić information content (AvgIpc) is 3.29. The third-order valence-corrected chi connectivity index (χ3v) is 7.89. The van der Waals surface area contributed by atoms with E-state index in [1.54, 1.807) is 29.5 Å². The number of fused-ring (bicyclic) bond motifs is 1. The molecule has 152 valence electrons. The van der Waals surface area contributed by atoms with Crippen molar-refractivity contribution in [3.63, 3.8) is 0 Å². The van der Waals surface area contributed by atoms with Gasteiger partial charge in [-0.1, -0.05) is 0 Å². The van der Waals surface area contributed by atoms with Crippen molar-refractivity contribution in [3.05, 3.63) is 50.5 Å². The quantitative estimate of drug-likeness (QED) is 0.641. The standard InChI is InChI=1S/C20H21N3O3S3/c1-11-7-15-9-14(5-6-18(15)23(11)29(4,25)26)19(24)22-20-21-17(10-27-20)16-8-12(2)28-13(16)3/h5-6,8-11H,7H2,1-4H3,(H,21,22,24). The van der Waals surface area contributed by atoms with Crippen LogP contribution in [-0.2, 0) is 16.4 Å². The Kier molecular flexibility index (Phi) is 5.00. The molecule has 9 heteroatoms. The van der Waals surface area contributed by atoms with Gasteiger partial charge in [-0.25, -0.2) is 13.4 Å². The van der Waals surface area contributed by atoms with E-state index in [0.29, 0.717) is 22.8 Å². The van der Waals surface area contributed by atoms with E-state index in [9.17, 15) is 13.2 Å². The number of thiophene rings is 1. The number of hydrogen-bond acceptors (Lipinski definition) is 6. The molecule has 4 rings (SSSR count). The number of amides is 1. The van der Waals surface area contributed by atoms with Crippen molar-refractivity contribution in [2.45, 2.75) is 33.2 Å². The number of carbonyl (C=O) groups is 1. The molecule has 0 radical (unpaired) electrons. The minimum Gasteiger partial charge on any atom is -0.298 e. The summed E-state index contributed by atoms with van der Waals surface area (Å²) in [5, 5.41) is 5.34. The third-order valence-electron chi connectivity index (χ3n) is 4.89. The monoisotopic (exact) mass is 447 g/mol. The molecule has 0 saturated carbocycles. The second-order valence-electron chi connectivity index (χ2n) is 7.27. The fraction of sp³-hybridized carbons (Fsp3) is 0.300. The predicted molar refractivity (Wildman–Crippen MR) is 120 cm³/mol. The summed E-state index contributed by atoms with van der Waals surface area (Å²) < 4.78 is 25.5. The van der Waals surface area contributed by atoms with Crippen LogP contribution in [0.5, 0.6) is 0 Å². The molecule has 1 atom stereocenters. The molecule has 0 aliphatic carbocycles. The molecule has 1 amide bonds. The van der Waals surface area contributed by atoms with Crippen molar-refractivity contribution in [3.8, 4) is 11.3 Å². The van der Waals surface area contributed by atoms with Crippen LogP contribution in [0.1, 0.15) is 32.6 Å². The number of nitrogens with one attached hydrogen (secondary N) is 1. The molecule has 0 bridgehead atoms. The van der Waals surface area contributed by atoms with Crippen LogP contribution in [0, 0.1) is 13.8 Å². The van der Waals surface area contributed by atoms with E-state index in [4.69, 9.17) is 0 Å². The summed E-state index contributed by atoms with van der Waals surface area (Å²) >= 11 is 3.12. The molecule has 3 aromatic rings. The lowest BCUT2D eigenvalue weighted by atomic mass is 10.1. The lowest BCUT2D eigenvalue weighted by Gasteiger charge is -2.21. The van der Waals surface area contributed by atoms with Crippen LogP contribution in [0.4, 0.5) is 10.8 Å². The number of anilines is 2. The van der Waals surface area contributed by atoms with Crippen molar-refractivity contribution >= 4 is 49.4 Å². The molecule has 2 aromatic heterocycles. The Bertz CT molecular complexity index is 1210. The molecule has 0 saturated heterocycles. The Balaban J connectivity index is 1.55. The summed E-state index contributed by atoms with van der Waals surface area (Å²) in [5.41, 5.74) is 3.96. The van der Waals surface area contributed by atoms with Gasteiger partial charge >= 0.3 is 0 Å². The number of benzene rings is 1. The molecule has 1 N–H and O–H groups in total. The number of sulfonamides is 1. The first-order chi connectivity index (χ1) is 13.6. The first kappa shape index (κ1) is 20.1. The highest BCUT2D eigenvalue weighted by atomic mass is 32.2. The predicted octanol–water partition coefficient (Wildman–Crippen LogP) is 4.45. The van der Waals surface area contributed by atoms with Gasteiger partial charge in [-0.3, -0.25) is 14.4 Å². The molecule has 1 aliphatic heterocycles. The zero-order chi connectivity index (χ0) is 20.9. The van der Waals surface area contributed by atoms with Crippen LogP contribution in [0.2, 0.25) is 0 Å². The van der Waals surface area contributed by atoms with Gasteiger partial charge in [0.1, 0.15) is 0 Å². The van der Waals surface area contributed by atoms with Crippen LogP contribution >= 0.6 is 22.7 Å². The third kappa shape index (κ3) is 3.82. The number of nitrogens with zero attached hydrogens (tertiary/aromatic N) is 2. The van der Waals surface area contributed by atoms with Crippen LogP contribution < -0.4 is 9.62 Å². The summed E-state index contributed by atoms with van der Waals surface area (Å²) in [7, 11) is -3.35. The van der Waals surface area contributed by atoms with Gasteiger partial charge in [-0.15, -0.1) is 22.7 Å². The first-order valence-corrected chi connectivity index (χ1v) is 12.6. The Hall–Kier alpha value is -2.23. The minimum absolute atomic E-state index is 0.155. The van der Waals surface area contributed by atoms with Crippen molar-refractivity contribution in [2.75, 3.05) is 15.9 Å². The van der Waals surface area contributed by atoms with Crippen molar-refractivity contribution in [1.82, 2.24) is 4.98 Å². The molecule has 6 nitrogen and oxygen atoms in total. The van der Waals surface area contributed by atoms with Crippen LogP contribution in [0.3, 0.4) is 0 Å². The molecule has 1 aromatic carbocycles. The van der Waals surface area contributed by atoms with Crippen LogP contribution in [-0.4, -0.2) is 31.6 Å². The van der Waals surface area contributed by atoms with Gasteiger partial charge in [0.2, 0.25) is 10.0 Å². The fourth-order valence-electron chi connectivity index (χ4n) is 3.76. The van der Waals surface area contributed by atoms with Gasteiger partial charge in [0.15, 0.2) is 5.13 Å². The minimum atomic E-state index is -3.35. The second kappa shape index (κ2) is 7.23. The zero-order valence-electron chi connectivity index (χ0n) is 16.5. The number of hydrogen-bond donors (Lipinski definition) is 1. The van der Waals surface area contributed by atoms with Gasteiger partial charge in [-0.05, 0) is 57.0 Å². The van der Waals surface area contributed by atoms with Gasteiger partial charge in [0.25, 0.3) is 5.91 Å². The van der Waals surface area contributed by atoms with E-state index in [1.807, 2.05) is 12.3 Å². The maximum atomic E-state index is 12.7. The van der Waals surface area contributed by atoms with Crippen molar-refractivity contribution < 1.29 is 13.2 Å². The van der Waals surface area contributed by atoms with Crippen LogP contribution in [0.15, 0.2) is 29.6 Å². The van der Waals surface area contributed by atoms with E-state index < -0.39 is 10.0 Å². The Labute approximate surface area is 178 Å². The maximum absolute atomic E-state index is 12.7. The van der Waals surface area contributed by atoms with E-state index in [1.165, 1.54) is 31.7 Å². The van der Waals surface area contributed by atoms with Gasteiger partial charge < -0.3 is 0 Å². The molecule has 0 fully saturated rings. The van der Waals surface area contributed by atoms with Gasteiger partial charge in [0.05, 0.1) is 17.6 Å². The fourth-order valence-corrected chi connectivity index (χ4v) is 6.66. The summed E-state index contributed by atoms with van der Waals surface area (Å²) in [6, 6.07) is 7.09. The smallest absolute Gasteiger partial charge is 0.257 e. The topological polar surface area (TPSA) is 79.4 Å². The van der Waals surface area contributed by atoms with Crippen molar-refractivity contribution in [2.24, 2.45) is 0 Å². The lowest BCUT2D eigenvalue weighted by molar-refractivity contribution is 0.102. The van der Waals surface area contributed by atoms with Gasteiger partial charge in [0, 0.05) is 32.3 Å². The highest BCUT2D eigenvalue weighted by Crippen LogP contribution is 2.35. The summed E-state index contributed by atoms with van der Waals surface area (Å²) in [6.45, 7) is 6.00. The van der Waals surface area contributed by atoms with Gasteiger partial charge in [-0.2, -0.15) is 0 Å². The molecular formula is C20H21N3O3S3. The number of aromatic nitrogens is 1. The largest absolute Gasteiger partial charge is 0.298 e. The van der Waals surface area contributed by atoms with Crippen LogP contribution in [0.25, 0.3) is 11.3 Å². The number of carbonyl (C=O) groups excluding carboxylic acids is 1. The molecule has 1 aliphatic rings. The average molecular weight is 448 g/mol. The SMILES string of the molecule is Cc1cc(-c2csc(NC(=O)c3ccc4c(c3)CC(C)N4S(C)(=O)=O)n2)c(C)s1. The first-order valence-electron chi connectivity index (χ1n) is 9.10.